The van der Waals surface area contributed by atoms with Gasteiger partial charge in [0.1, 0.15) is 41.2 Å². The standard InChI is InChI=1S/C22H18N2O6S/c23-15-16-5-1-4-8-21(16)31(27,28)24-17-9-11-18(12-10-17)29-13-14-30-20-7-3-2-6-19(20)22(25)26/h1-12,24H,13-14H2,(H,25,26). The van der Waals surface area contributed by atoms with Gasteiger partial charge in [0.15, 0.2) is 0 Å². The van der Waals surface area contributed by atoms with E-state index in [4.69, 9.17) is 19.8 Å². The maximum atomic E-state index is 12.5. The largest absolute Gasteiger partial charge is 0.490 e. The molecule has 0 aliphatic rings. The Balaban J connectivity index is 1.56. The molecule has 2 N–H and O–H groups in total. The second-order valence-corrected chi connectivity index (χ2v) is 7.89. The summed E-state index contributed by atoms with van der Waals surface area (Å²) in [7, 11) is -3.91. The molecule has 31 heavy (non-hydrogen) atoms. The maximum absolute atomic E-state index is 12.5. The minimum absolute atomic E-state index is 0.0550. The van der Waals surface area contributed by atoms with E-state index in [0.29, 0.717) is 11.4 Å². The first kappa shape index (κ1) is 21.7. The lowest BCUT2D eigenvalue weighted by Crippen LogP contribution is -2.14. The number of sulfonamides is 1. The van der Waals surface area contributed by atoms with E-state index < -0.39 is 16.0 Å². The third-order valence-electron chi connectivity index (χ3n) is 4.13. The van der Waals surface area contributed by atoms with Crippen molar-refractivity contribution in [3.63, 3.8) is 0 Å². The van der Waals surface area contributed by atoms with E-state index in [1.54, 1.807) is 42.5 Å². The van der Waals surface area contributed by atoms with Crippen molar-refractivity contribution in [2.75, 3.05) is 17.9 Å². The Bertz CT molecular complexity index is 1220. The van der Waals surface area contributed by atoms with Crippen LogP contribution in [0.4, 0.5) is 5.69 Å². The van der Waals surface area contributed by atoms with Crippen LogP contribution in [0.3, 0.4) is 0 Å². The first-order chi connectivity index (χ1) is 14.9. The van der Waals surface area contributed by atoms with Crippen molar-refractivity contribution in [2.45, 2.75) is 4.90 Å². The predicted octanol–water partition coefficient (Wildman–Crippen LogP) is 3.52. The monoisotopic (exact) mass is 438 g/mol. The zero-order valence-corrected chi connectivity index (χ0v) is 17.0. The van der Waals surface area contributed by atoms with E-state index in [2.05, 4.69) is 4.72 Å². The Labute approximate surface area is 179 Å². The number of hydrogen-bond donors (Lipinski definition) is 2. The molecule has 9 heteroatoms. The average molecular weight is 438 g/mol. The number of carbonyl (C=O) groups is 1. The average Bonchev–Trinajstić information content (AvgIpc) is 2.77. The number of anilines is 1. The summed E-state index contributed by atoms with van der Waals surface area (Å²) in [6.07, 6.45) is 0. The lowest BCUT2D eigenvalue weighted by atomic mass is 10.2. The van der Waals surface area contributed by atoms with Crippen molar-refractivity contribution < 1.29 is 27.8 Å². The molecule has 3 aromatic carbocycles. The van der Waals surface area contributed by atoms with Gasteiger partial charge in [-0.05, 0) is 48.5 Å². The fourth-order valence-electron chi connectivity index (χ4n) is 2.70. The fourth-order valence-corrected chi connectivity index (χ4v) is 3.92. The minimum atomic E-state index is -3.91. The number of carboxylic acid groups (broad SMARTS) is 1. The number of para-hydroxylation sites is 1. The SMILES string of the molecule is N#Cc1ccccc1S(=O)(=O)Nc1ccc(OCCOc2ccccc2C(=O)O)cc1. The van der Waals surface area contributed by atoms with Crippen LogP contribution in [-0.2, 0) is 10.0 Å². The molecule has 0 amide bonds. The van der Waals surface area contributed by atoms with E-state index in [1.165, 1.54) is 30.3 Å². The van der Waals surface area contributed by atoms with Gasteiger partial charge in [0.2, 0.25) is 0 Å². The Morgan fingerprint density at radius 1 is 0.935 bits per heavy atom. The van der Waals surface area contributed by atoms with E-state index in [9.17, 15) is 13.2 Å². The summed E-state index contributed by atoms with van der Waals surface area (Å²) in [6, 6.07) is 20.3. The lowest BCUT2D eigenvalue weighted by molar-refractivity contribution is 0.0691. The van der Waals surface area contributed by atoms with Crippen LogP contribution in [0.2, 0.25) is 0 Å². The molecule has 158 valence electrons. The highest BCUT2D eigenvalue weighted by Crippen LogP contribution is 2.22. The van der Waals surface area contributed by atoms with Gasteiger partial charge in [-0.3, -0.25) is 4.72 Å². The Morgan fingerprint density at radius 3 is 2.29 bits per heavy atom. The highest BCUT2D eigenvalue weighted by molar-refractivity contribution is 7.92. The molecule has 0 radical (unpaired) electrons. The molecule has 0 saturated heterocycles. The van der Waals surface area contributed by atoms with Gasteiger partial charge in [-0.1, -0.05) is 24.3 Å². The van der Waals surface area contributed by atoms with Gasteiger partial charge in [-0.2, -0.15) is 5.26 Å². The molecule has 0 aromatic heterocycles. The number of aromatic carboxylic acids is 1. The molecular formula is C22H18N2O6S. The number of rotatable bonds is 9. The highest BCUT2D eigenvalue weighted by Gasteiger charge is 2.18. The van der Waals surface area contributed by atoms with Crippen LogP contribution >= 0.6 is 0 Å². The van der Waals surface area contributed by atoms with Crippen LogP contribution in [-0.4, -0.2) is 32.7 Å². The van der Waals surface area contributed by atoms with Gasteiger partial charge in [-0.15, -0.1) is 0 Å². The number of nitrogens with zero attached hydrogens (tertiary/aromatic N) is 1. The lowest BCUT2D eigenvalue weighted by Gasteiger charge is -2.12. The maximum Gasteiger partial charge on any atom is 0.339 e. The molecule has 0 heterocycles. The smallest absolute Gasteiger partial charge is 0.339 e. The number of benzene rings is 3. The molecule has 0 bridgehead atoms. The third-order valence-corrected chi connectivity index (χ3v) is 5.57. The summed E-state index contributed by atoms with van der Waals surface area (Å²) in [4.78, 5) is 11.1. The molecule has 0 aliphatic carbocycles. The molecular weight excluding hydrogens is 420 g/mol. The molecule has 0 spiro atoms. The summed E-state index contributed by atoms with van der Waals surface area (Å²) in [6.45, 7) is 0.290. The number of nitrogens with one attached hydrogen (secondary N) is 1. The molecule has 0 atom stereocenters. The van der Waals surface area contributed by atoms with E-state index in [-0.39, 0.29) is 35.0 Å². The first-order valence-corrected chi connectivity index (χ1v) is 10.6. The fraction of sp³-hybridized carbons (Fsp3) is 0.0909. The Morgan fingerprint density at radius 2 is 1.58 bits per heavy atom. The van der Waals surface area contributed by atoms with Crippen molar-refractivity contribution in [3.05, 3.63) is 83.9 Å². The molecule has 0 aliphatic heterocycles. The normalized spacial score (nSPS) is 10.7. The number of hydrogen-bond acceptors (Lipinski definition) is 6. The molecule has 3 aromatic rings. The van der Waals surface area contributed by atoms with Gasteiger partial charge in [0.25, 0.3) is 10.0 Å². The van der Waals surface area contributed by atoms with Crippen LogP contribution in [0.15, 0.2) is 77.7 Å². The van der Waals surface area contributed by atoms with Crippen LogP contribution in [0, 0.1) is 11.3 Å². The molecule has 3 rings (SSSR count). The molecule has 8 nitrogen and oxygen atoms in total. The van der Waals surface area contributed by atoms with Crippen molar-refractivity contribution >= 4 is 21.7 Å². The molecule has 0 unspecified atom stereocenters. The quantitative estimate of drug-likeness (QED) is 0.490. The van der Waals surface area contributed by atoms with E-state index >= 15 is 0 Å². The van der Waals surface area contributed by atoms with Crippen molar-refractivity contribution in [3.8, 4) is 17.6 Å². The van der Waals surface area contributed by atoms with Gasteiger partial charge in [0, 0.05) is 5.69 Å². The summed E-state index contributed by atoms with van der Waals surface area (Å²) in [5.41, 5.74) is 0.434. The highest BCUT2D eigenvalue weighted by atomic mass is 32.2. The topological polar surface area (TPSA) is 126 Å². The van der Waals surface area contributed by atoms with Gasteiger partial charge in [-0.25, -0.2) is 13.2 Å². The summed E-state index contributed by atoms with van der Waals surface area (Å²) < 4.78 is 38.5. The zero-order valence-electron chi connectivity index (χ0n) is 16.2. The first-order valence-electron chi connectivity index (χ1n) is 9.10. The van der Waals surface area contributed by atoms with E-state index in [0.717, 1.165) is 0 Å². The van der Waals surface area contributed by atoms with Crippen molar-refractivity contribution in [2.24, 2.45) is 0 Å². The van der Waals surface area contributed by atoms with Crippen LogP contribution in [0.1, 0.15) is 15.9 Å². The predicted molar refractivity (Wildman–Crippen MR) is 113 cm³/mol. The second kappa shape index (κ2) is 9.65. The number of ether oxygens (including phenoxy) is 2. The summed E-state index contributed by atoms with van der Waals surface area (Å²) in [5.74, 6) is -0.344. The van der Waals surface area contributed by atoms with E-state index in [1.807, 2.05) is 6.07 Å². The molecule has 0 saturated carbocycles. The third kappa shape index (κ3) is 5.52. The van der Waals surface area contributed by atoms with Crippen LogP contribution in [0.5, 0.6) is 11.5 Å². The van der Waals surface area contributed by atoms with Crippen molar-refractivity contribution in [1.82, 2.24) is 0 Å². The van der Waals surface area contributed by atoms with Gasteiger partial charge in [0.05, 0.1) is 5.56 Å². The minimum Gasteiger partial charge on any atom is -0.490 e. The van der Waals surface area contributed by atoms with Crippen molar-refractivity contribution in [1.29, 1.82) is 5.26 Å². The Kier molecular flexibility index (Phi) is 6.74. The second-order valence-electron chi connectivity index (χ2n) is 6.24. The van der Waals surface area contributed by atoms with Gasteiger partial charge < -0.3 is 14.6 Å². The van der Waals surface area contributed by atoms with Gasteiger partial charge >= 0.3 is 5.97 Å². The van der Waals surface area contributed by atoms with Crippen LogP contribution in [0.25, 0.3) is 0 Å². The number of nitriles is 1. The zero-order chi connectivity index (χ0) is 22.3. The summed E-state index contributed by atoms with van der Waals surface area (Å²) in [5, 5.41) is 18.2. The molecule has 0 fully saturated rings. The Hall–Kier alpha value is -4.03. The summed E-state index contributed by atoms with van der Waals surface area (Å²) >= 11 is 0. The van der Waals surface area contributed by atoms with Crippen LogP contribution < -0.4 is 14.2 Å². The number of carboxylic acids is 1.